The Morgan fingerprint density at radius 1 is 1.11 bits per heavy atom. The van der Waals surface area contributed by atoms with Crippen molar-refractivity contribution >= 4 is 23.2 Å². The van der Waals surface area contributed by atoms with Crippen molar-refractivity contribution in [2.45, 2.75) is 31.1 Å². The molecule has 0 aromatic heterocycles. The van der Waals surface area contributed by atoms with Gasteiger partial charge in [-0.2, -0.15) is 0 Å². The van der Waals surface area contributed by atoms with Crippen LogP contribution in [0.2, 0.25) is 0 Å². The summed E-state index contributed by atoms with van der Waals surface area (Å²) in [4.78, 5) is 27.1. The maximum Gasteiger partial charge on any atom is 0.235 e. The molecule has 4 rings (SSSR count). The van der Waals surface area contributed by atoms with Crippen molar-refractivity contribution in [2.75, 3.05) is 30.0 Å². The van der Waals surface area contributed by atoms with Crippen molar-refractivity contribution < 1.29 is 18.7 Å². The highest BCUT2D eigenvalue weighted by Crippen LogP contribution is 2.36. The average molecular weight is 382 g/mol. The quantitative estimate of drug-likeness (QED) is 0.878. The van der Waals surface area contributed by atoms with E-state index in [0.29, 0.717) is 44.7 Å². The Balaban J connectivity index is 1.60. The van der Waals surface area contributed by atoms with Crippen LogP contribution in [0.4, 0.5) is 15.8 Å². The van der Waals surface area contributed by atoms with E-state index in [1.807, 2.05) is 24.3 Å². The number of nitrogens with zero attached hydrogens (tertiary/aromatic N) is 1. The molecule has 0 atom stereocenters. The van der Waals surface area contributed by atoms with Gasteiger partial charge in [-0.15, -0.1) is 0 Å². The highest BCUT2D eigenvalue weighted by molar-refractivity contribution is 6.00. The number of benzene rings is 2. The van der Waals surface area contributed by atoms with Crippen molar-refractivity contribution in [3.05, 3.63) is 59.9 Å². The summed E-state index contributed by atoms with van der Waals surface area (Å²) in [5.74, 6) is -0.350. The number of nitrogens with one attached hydrogen (secondary N) is 1. The van der Waals surface area contributed by atoms with Crippen LogP contribution in [0, 0.1) is 5.82 Å². The van der Waals surface area contributed by atoms with E-state index in [1.165, 1.54) is 12.1 Å². The molecular formula is C22H23FN2O3. The van der Waals surface area contributed by atoms with E-state index in [4.69, 9.17) is 4.74 Å². The van der Waals surface area contributed by atoms with Gasteiger partial charge in [-0.05, 0) is 55.2 Å². The van der Waals surface area contributed by atoms with Gasteiger partial charge in [0.15, 0.2) is 0 Å². The van der Waals surface area contributed by atoms with Gasteiger partial charge in [0.1, 0.15) is 5.82 Å². The lowest BCUT2D eigenvalue weighted by molar-refractivity contribution is -0.125. The molecule has 1 N–H and O–H groups in total. The predicted molar refractivity (Wildman–Crippen MR) is 105 cm³/mol. The van der Waals surface area contributed by atoms with Crippen LogP contribution in [0.25, 0.3) is 0 Å². The van der Waals surface area contributed by atoms with Crippen LogP contribution in [0.15, 0.2) is 48.5 Å². The molecule has 0 bridgehead atoms. The lowest BCUT2D eigenvalue weighted by Crippen LogP contribution is -2.44. The molecule has 0 spiro atoms. The van der Waals surface area contributed by atoms with Crippen LogP contribution in [0.1, 0.15) is 31.2 Å². The Kier molecular flexibility index (Phi) is 5.13. The molecule has 0 unspecified atom stereocenters. The van der Waals surface area contributed by atoms with Crippen molar-refractivity contribution in [3.8, 4) is 0 Å². The number of amides is 2. The summed E-state index contributed by atoms with van der Waals surface area (Å²) in [7, 11) is 0. The maximum absolute atomic E-state index is 13.4. The highest BCUT2D eigenvalue weighted by atomic mass is 19.1. The number of rotatable bonds is 4. The van der Waals surface area contributed by atoms with Gasteiger partial charge in [0.25, 0.3) is 0 Å². The summed E-state index contributed by atoms with van der Waals surface area (Å²) in [5, 5.41) is 3.02. The molecule has 0 saturated carbocycles. The second-order valence-corrected chi connectivity index (χ2v) is 7.35. The lowest BCUT2D eigenvalue weighted by atomic mass is 9.73. The number of ether oxygens (including phenoxy) is 1. The second-order valence-electron chi connectivity index (χ2n) is 7.35. The second kappa shape index (κ2) is 7.72. The number of carbonyl (C=O) groups excluding carboxylic acids is 2. The topological polar surface area (TPSA) is 58.6 Å². The third-order valence-electron chi connectivity index (χ3n) is 5.67. The van der Waals surface area contributed by atoms with Gasteiger partial charge in [-0.25, -0.2) is 4.39 Å². The molecule has 2 amide bonds. The van der Waals surface area contributed by atoms with Crippen LogP contribution >= 0.6 is 0 Å². The highest BCUT2D eigenvalue weighted by Gasteiger charge is 2.41. The van der Waals surface area contributed by atoms with E-state index >= 15 is 0 Å². The minimum Gasteiger partial charge on any atom is -0.381 e. The fourth-order valence-corrected chi connectivity index (χ4v) is 4.06. The van der Waals surface area contributed by atoms with E-state index in [0.717, 1.165) is 17.7 Å². The normalized spacial score (nSPS) is 18.9. The number of hydrogen-bond donors (Lipinski definition) is 1. The van der Waals surface area contributed by atoms with Gasteiger partial charge in [0.05, 0.1) is 5.41 Å². The zero-order valence-electron chi connectivity index (χ0n) is 15.6. The number of halogens is 1. The molecule has 2 aliphatic rings. The van der Waals surface area contributed by atoms with E-state index in [2.05, 4.69) is 5.32 Å². The van der Waals surface area contributed by atoms with Gasteiger partial charge >= 0.3 is 0 Å². The smallest absolute Gasteiger partial charge is 0.235 e. The molecule has 2 saturated heterocycles. The minimum atomic E-state index is -0.759. The SMILES string of the molecule is O=C1CCCN1c1cccc(NC(=O)C2(c3ccc(F)cc3)CCOCC2)c1. The molecule has 28 heavy (non-hydrogen) atoms. The first-order valence-corrected chi connectivity index (χ1v) is 9.64. The summed E-state index contributed by atoms with van der Waals surface area (Å²) in [6.45, 7) is 1.66. The number of hydrogen-bond acceptors (Lipinski definition) is 3. The van der Waals surface area contributed by atoms with Crippen LogP contribution in [0.5, 0.6) is 0 Å². The third kappa shape index (κ3) is 3.52. The maximum atomic E-state index is 13.4. The van der Waals surface area contributed by atoms with Gasteiger partial charge in [-0.1, -0.05) is 18.2 Å². The Morgan fingerprint density at radius 3 is 2.54 bits per heavy atom. The number of carbonyl (C=O) groups is 2. The fourth-order valence-electron chi connectivity index (χ4n) is 4.06. The summed E-state index contributed by atoms with van der Waals surface area (Å²) < 4.78 is 18.9. The Bertz CT molecular complexity index is 876. The van der Waals surface area contributed by atoms with Crippen LogP contribution in [-0.2, 0) is 19.7 Å². The molecule has 2 aromatic rings. The number of anilines is 2. The van der Waals surface area contributed by atoms with E-state index in [9.17, 15) is 14.0 Å². The Labute approximate surface area is 163 Å². The molecule has 2 aromatic carbocycles. The summed E-state index contributed by atoms with van der Waals surface area (Å²) in [6, 6.07) is 13.5. The van der Waals surface area contributed by atoms with Gasteiger partial charge in [0.2, 0.25) is 11.8 Å². The van der Waals surface area contributed by atoms with Crippen molar-refractivity contribution in [3.63, 3.8) is 0 Å². The molecule has 2 aliphatic heterocycles. The summed E-state index contributed by atoms with van der Waals surface area (Å²) in [6.07, 6.45) is 2.48. The first kappa shape index (κ1) is 18.6. The van der Waals surface area contributed by atoms with E-state index < -0.39 is 5.41 Å². The standard InChI is InChI=1S/C22H23FN2O3/c23-17-8-6-16(7-9-17)22(10-13-28-14-11-22)21(27)24-18-3-1-4-19(15-18)25-12-2-5-20(25)26/h1,3-4,6-9,15H,2,5,10-14H2,(H,24,27). The van der Waals surface area contributed by atoms with E-state index in [-0.39, 0.29) is 17.6 Å². The minimum absolute atomic E-state index is 0.107. The first-order valence-electron chi connectivity index (χ1n) is 9.64. The lowest BCUT2D eigenvalue weighted by Gasteiger charge is -2.36. The zero-order chi connectivity index (χ0) is 19.6. The Morgan fingerprint density at radius 2 is 1.86 bits per heavy atom. The predicted octanol–water partition coefficient (Wildman–Crippen LogP) is 3.64. The molecular weight excluding hydrogens is 359 g/mol. The molecule has 0 radical (unpaired) electrons. The first-order chi connectivity index (χ1) is 13.6. The van der Waals surface area contributed by atoms with Crippen LogP contribution in [0.3, 0.4) is 0 Å². The Hall–Kier alpha value is -2.73. The van der Waals surface area contributed by atoms with Crippen molar-refractivity contribution in [1.82, 2.24) is 0 Å². The third-order valence-corrected chi connectivity index (χ3v) is 5.67. The molecule has 2 fully saturated rings. The van der Waals surface area contributed by atoms with Gasteiger partial charge in [0, 0.05) is 37.6 Å². The monoisotopic (exact) mass is 382 g/mol. The van der Waals surface area contributed by atoms with Crippen LogP contribution < -0.4 is 10.2 Å². The fraction of sp³-hybridized carbons (Fsp3) is 0.364. The zero-order valence-corrected chi connectivity index (χ0v) is 15.6. The van der Waals surface area contributed by atoms with Crippen LogP contribution in [-0.4, -0.2) is 31.6 Å². The largest absolute Gasteiger partial charge is 0.381 e. The van der Waals surface area contributed by atoms with Gasteiger partial charge in [-0.3, -0.25) is 9.59 Å². The average Bonchev–Trinajstić information content (AvgIpc) is 3.15. The molecule has 146 valence electrons. The molecule has 6 heteroatoms. The van der Waals surface area contributed by atoms with Gasteiger partial charge < -0.3 is 15.0 Å². The van der Waals surface area contributed by atoms with Crippen molar-refractivity contribution in [1.29, 1.82) is 0 Å². The summed E-state index contributed by atoms with van der Waals surface area (Å²) >= 11 is 0. The molecule has 2 heterocycles. The molecule has 0 aliphatic carbocycles. The van der Waals surface area contributed by atoms with E-state index in [1.54, 1.807) is 17.0 Å². The summed E-state index contributed by atoms with van der Waals surface area (Å²) in [5.41, 5.74) is 1.48. The molecule has 5 nitrogen and oxygen atoms in total. The van der Waals surface area contributed by atoms with Crippen molar-refractivity contribution in [2.24, 2.45) is 0 Å².